The third-order valence-corrected chi connectivity index (χ3v) is 4.98. The van der Waals surface area contributed by atoms with E-state index in [1.807, 2.05) is 6.07 Å². The highest BCUT2D eigenvalue weighted by Gasteiger charge is 2.30. The third-order valence-electron chi connectivity index (χ3n) is 4.98. The number of amides is 3. The van der Waals surface area contributed by atoms with E-state index in [0.29, 0.717) is 46.0 Å². The summed E-state index contributed by atoms with van der Waals surface area (Å²) in [7, 11) is 0. The SMILES string of the molecule is CCOC(=O)N1CCN(C(=O)Nc2c3c(cc4c2OCC4)OCC3)CC1. The summed E-state index contributed by atoms with van der Waals surface area (Å²) in [6, 6.07) is 1.85. The molecule has 0 aliphatic carbocycles. The number of hydrogen-bond donors (Lipinski definition) is 1. The molecule has 140 valence electrons. The van der Waals surface area contributed by atoms with Crippen LogP contribution in [0.5, 0.6) is 11.5 Å². The molecule has 0 aromatic heterocycles. The summed E-state index contributed by atoms with van der Waals surface area (Å²) in [5.74, 6) is 1.62. The standard InChI is InChI=1S/C18H23N3O5/c1-2-24-18(23)21-7-5-20(6-8-21)17(22)19-15-13-4-10-25-14(13)11-12-3-9-26-16(12)15/h11H,2-10H2,1H3,(H,19,22). The van der Waals surface area contributed by atoms with Gasteiger partial charge in [-0.15, -0.1) is 0 Å². The summed E-state index contributed by atoms with van der Waals surface area (Å²) < 4.78 is 16.4. The third kappa shape index (κ3) is 3.00. The zero-order valence-electron chi connectivity index (χ0n) is 14.9. The van der Waals surface area contributed by atoms with Crippen LogP contribution in [0, 0.1) is 0 Å². The molecule has 0 spiro atoms. The number of nitrogens with zero attached hydrogens (tertiary/aromatic N) is 2. The van der Waals surface area contributed by atoms with Crippen LogP contribution in [0.15, 0.2) is 6.07 Å². The van der Waals surface area contributed by atoms with E-state index in [1.54, 1.807) is 16.7 Å². The zero-order valence-corrected chi connectivity index (χ0v) is 14.9. The molecule has 8 heteroatoms. The van der Waals surface area contributed by atoms with Crippen molar-refractivity contribution in [2.24, 2.45) is 0 Å². The molecule has 3 aliphatic heterocycles. The lowest BCUT2D eigenvalue weighted by Gasteiger charge is -2.34. The molecule has 1 fully saturated rings. The van der Waals surface area contributed by atoms with Crippen molar-refractivity contribution in [2.75, 3.05) is 51.3 Å². The number of nitrogens with one attached hydrogen (secondary N) is 1. The second-order valence-corrected chi connectivity index (χ2v) is 6.52. The first-order valence-corrected chi connectivity index (χ1v) is 9.09. The van der Waals surface area contributed by atoms with Gasteiger partial charge in [0.1, 0.15) is 11.5 Å². The maximum Gasteiger partial charge on any atom is 0.409 e. The van der Waals surface area contributed by atoms with Crippen molar-refractivity contribution in [3.8, 4) is 11.5 Å². The molecule has 26 heavy (non-hydrogen) atoms. The summed E-state index contributed by atoms with van der Waals surface area (Å²) in [6.07, 6.45) is 1.27. The average Bonchev–Trinajstić information content (AvgIpc) is 3.30. The van der Waals surface area contributed by atoms with Gasteiger partial charge in [-0.2, -0.15) is 0 Å². The van der Waals surface area contributed by atoms with Gasteiger partial charge in [-0.3, -0.25) is 0 Å². The van der Waals surface area contributed by atoms with Crippen molar-refractivity contribution >= 4 is 17.8 Å². The van der Waals surface area contributed by atoms with Crippen molar-refractivity contribution < 1.29 is 23.8 Å². The maximum absolute atomic E-state index is 12.8. The molecule has 3 aliphatic rings. The molecule has 1 aromatic rings. The Hall–Kier alpha value is -2.64. The fourth-order valence-electron chi connectivity index (χ4n) is 3.61. The normalized spacial score (nSPS) is 17.9. The smallest absolute Gasteiger partial charge is 0.409 e. The van der Waals surface area contributed by atoms with Crippen LogP contribution in [-0.2, 0) is 17.6 Å². The van der Waals surface area contributed by atoms with Gasteiger partial charge in [0.25, 0.3) is 0 Å². The maximum atomic E-state index is 12.8. The number of ether oxygens (including phenoxy) is 3. The van der Waals surface area contributed by atoms with Gasteiger partial charge in [-0.1, -0.05) is 0 Å². The van der Waals surface area contributed by atoms with Crippen LogP contribution in [-0.4, -0.2) is 67.9 Å². The van der Waals surface area contributed by atoms with Gasteiger partial charge in [0, 0.05) is 50.1 Å². The molecule has 1 saturated heterocycles. The van der Waals surface area contributed by atoms with Crippen LogP contribution < -0.4 is 14.8 Å². The van der Waals surface area contributed by atoms with Gasteiger partial charge < -0.3 is 29.3 Å². The number of fused-ring (bicyclic) bond motifs is 2. The minimum Gasteiger partial charge on any atom is -0.493 e. The van der Waals surface area contributed by atoms with Crippen molar-refractivity contribution in [3.05, 3.63) is 17.2 Å². The number of anilines is 1. The molecule has 3 heterocycles. The lowest BCUT2D eigenvalue weighted by Crippen LogP contribution is -2.51. The van der Waals surface area contributed by atoms with E-state index in [4.69, 9.17) is 14.2 Å². The molecular weight excluding hydrogens is 338 g/mol. The fraction of sp³-hybridized carbons (Fsp3) is 0.556. The minimum absolute atomic E-state index is 0.175. The van der Waals surface area contributed by atoms with E-state index in [0.717, 1.165) is 41.2 Å². The number of carbonyl (C=O) groups excluding carboxylic acids is 2. The number of piperazine rings is 1. The topological polar surface area (TPSA) is 80.3 Å². The van der Waals surface area contributed by atoms with E-state index in [9.17, 15) is 9.59 Å². The van der Waals surface area contributed by atoms with Gasteiger partial charge in [-0.05, 0) is 13.0 Å². The van der Waals surface area contributed by atoms with Crippen molar-refractivity contribution in [1.82, 2.24) is 9.80 Å². The first-order valence-electron chi connectivity index (χ1n) is 9.09. The van der Waals surface area contributed by atoms with E-state index in [1.165, 1.54) is 0 Å². The number of urea groups is 1. The Morgan fingerprint density at radius 3 is 2.62 bits per heavy atom. The van der Waals surface area contributed by atoms with Crippen LogP contribution in [0.1, 0.15) is 18.1 Å². The quantitative estimate of drug-likeness (QED) is 0.870. The molecule has 0 unspecified atom stereocenters. The molecule has 3 amide bonds. The van der Waals surface area contributed by atoms with Crippen molar-refractivity contribution in [2.45, 2.75) is 19.8 Å². The molecule has 0 atom stereocenters. The summed E-state index contributed by atoms with van der Waals surface area (Å²) in [5.41, 5.74) is 2.82. The van der Waals surface area contributed by atoms with Crippen LogP contribution in [0.3, 0.4) is 0 Å². The second kappa shape index (κ2) is 6.93. The Morgan fingerprint density at radius 1 is 1.12 bits per heavy atom. The van der Waals surface area contributed by atoms with Crippen molar-refractivity contribution in [1.29, 1.82) is 0 Å². The van der Waals surface area contributed by atoms with E-state index in [-0.39, 0.29) is 12.1 Å². The first-order chi connectivity index (χ1) is 12.7. The van der Waals surface area contributed by atoms with Gasteiger partial charge in [0.05, 0.1) is 25.5 Å². The Kier molecular flexibility index (Phi) is 4.48. The largest absolute Gasteiger partial charge is 0.493 e. The monoisotopic (exact) mass is 361 g/mol. The van der Waals surface area contributed by atoms with Gasteiger partial charge in [-0.25, -0.2) is 9.59 Å². The highest BCUT2D eigenvalue weighted by Crippen LogP contribution is 2.44. The summed E-state index contributed by atoms with van der Waals surface area (Å²) in [5, 5.41) is 3.03. The molecule has 0 radical (unpaired) electrons. The van der Waals surface area contributed by atoms with Crippen LogP contribution in [0.2, 0.25) is 0 Å². The summed E-state index contributed by atoms with van der Waals surface area (Å²) >= 11 is 0. The fourth-order valence-corrected chi connectivity index (χ4v) is 3.61. The molecular formula is C18H23N3O5. The number of benzene rings is 1. The molecule has 1 aromatic carbocycles. The van der Waals surface area contributed by atoms with Crippen LogP contribution in [0.4, 0.5) is 15.3 Å². The van der Waals surface area contributed by atoms with Crippen LogP contribution in [0.25, 0.3) is 0 Å². The number of hydrogen-bond acceptors (Lipinski definition) is 5. The van der Waals surface area contributed by atoms with Crippen molar-refractivity contribution in [3.63, 3.8) is 0 Å². The Labute approximate surface area is 152 Å². The predicted octanol–water partition coefficient (Wildman–Crippen LogP) is 1.86. The van der Waals surface area contributed by atoms with Crippen LogP contribution >= 0.6 is 0 Å². The molecule has 8 nitrogen and oxygen atoms in total. The Morgan fingerprint density at radius 2 is 1.85 bits per heavy atom. The highest BCUT2D eigenvalue weighted by molar-refractivity contribution is 5.93. The van der Waals surface area contributed by atoms with Gasteiger partial charge >= 0.3 is 12.1 Å². The molecule has 0 saturated carbocycles. The Balaban J connectivity index is 1.45. The first kappa shape index (κ1) is 16.8. The lowest BCUT2D eigenvalue weighted by molar-refractivity contribution is 0.0868. The lowest BCUT2D eigenvalue weighted by atomic mass is 10.0. The van der Waals surface area contributed by atoms with Gasteiger partial charge in [0.15, 0.2) is 0 Å². The Bertz CT molecular complexity index is 696. The second-order valence-electron chi connectivity index (χ2n) is 6.52. The molecule has 4 rings (SSSR count). The summed E-state index contributed by atoms with van der Waals surface area (Å²) in [6.45, 7) is 5.26. The zero-order chi connectivity index (χ0) is 18.1. The summed E-state index contributed by atoms with van der Waals surface area (Å²) in [4.78, 5) is 27.9. The average molecular weight is 361 g/mol. The van der Waals surface area contributed by atoms with E-state index >= 15 is 0 Å². The van der Waals surface area contributed by atoms with Gasteiger partial charge in [0.2, 0.25) is 0 Å². The predicted molar refractivity (Wildman–Crippen MR) is 94.0 cm³/mol. The van der Waals surface area contributed by atoms with E-state index in [2.05, 4.69) is 5.32 Å². The highest BCUT2D eigenvalue weighted by atomic mass is 16.6. The molecule has 0 bridgehead atoms. The number of rotatable bonds is 2. The van der Waals surface area contributed by atoms with E-state index < -0.39 is 0 Å². The number of carbonyl (C=O) groups is 2. The molecule has 1 N–H and O–H groups in total. The minimum atomic E-state index is -0.322.